The molecule has 0 aliphatic carbocycles. The van der Waals surface area contributed by atoms with Gasteiger partial charge < -0.3 is 20.9 Å². The first-order valence-corrected chi connectivity index (χ1v) is 11.9. The molecule has 0 saturated carbocycles. The van der Waals surface area contributed by atoms with E-state index in [4.69, 9.17) is 0 Å². The van der Waals surface area contributed by atoms with E-state index in [0.717, 1.165) is 43.9 Å². The summed E-state index contributed by atoms with van der Waals surface area (Å²) in [5.74, 6) is 1.18. The van der Waals surface area contributed by atoms with E-state index in [1.54, 1.807) is 18.3 Å². The predicted molar refractivity (Wildman–Crippen MR) is 137 cm³/mol. The third kappa shape index (κ3) is 6.42. The highest BCUT2D eigenvalue weighted by Crippen LogP contribution is 2.38. The summed E-state index contributed by atoms with van der Waals surface area (Å²) in [4.78, 5) is 10.8. The fourth-order valence-electron chi connectivity index (χ4n) is 4.22. The van der Waals surface area contributed by atoms with Crippen LogP contribution in [0.1, 0.15) is 25.0 Å². The van der Waals surface area contributed by atoms with Crippen molar-refractivity contribution < 1.29 is 13.2 Å². The Balaban J connectivity index is 1.54. The van der Waals surface area contributed by atoms with E-state index in [0.29, 0.717) is 29.7 Å². The van der Waals surface area contributed by atoms with Crippen molar-refractivity contribution in [1.82, 2.24) is 14.9 Å². The van der Waals surface area contributed by atoms with Crippen LogP contribution in [0.15, 0.2) is 55.2 Å². The second-order valence-corrected chi connectivity index (χ2v) is 8.88. The Morgan fingerprint density at radius 3 is 2.46 bits per heavy atom. The lowest BCUT2D eigenvalue weighted by atomic mass is 10.0. The number of anilines is 3. The van der Waals surface area contributed by atoms with Gasteiger partial charge in [0.15, 0.2) is 0 Å². The highest BCUT2D eigenvalue weighted by atomic mass is 19.4. The van der Waals surface area contributed by atoms with Gasteiger partial charge >= 0.3 is 6.18 Å². The molecule has 0 amide bonds. The van der Waals surface area contributed by atoms with Gasteiger partial charge in [-0.1, -0.05) is 24.8 Å². The lowest BCUT2D eigenvalue weighted by Crippen LogP contribution is -2.36. The molecular weight excluding hydrogens is 453 g/mol. The summed E-state index contributed by atoms with van der Waals surface area (Å²) in [6.07, 6.45) is -0.154. The normalized spacial score (nSPS) is 15.2. The van der Waals surface area contributed by atoms with Crippen molar-refractivity contribution in [2.75, 3.05) is 49.2 Å². The number of hydrogen-bond acceptors (Lipinski definition) is 6. The maximum absolute atomic E-state index is 13.6. The van der Waals surface area contributed by atoms with Crippen molar-refractivity contribution in [3.05, 3.63) is 60.9 Å². The van der Waals surface area contributed by atoms with Crippen LogP contribution in [0.3, 0.4) is 0 Å². The molecule has 2 aromatic heterocycles. The Morgan fingerprint density at radius 2 is 1.77 bits per heavy atom. The lowest BCUT2D eigenvalue weighted by Gasteiger charge is -2.30. The largest absolute Gasteiger partial charge is 0.417 e. The van der Waals surface area contributed by atoms with Crippen molar-refractivity contribution in [3.63, 3.8) is 0 Å². The summed E-state index contributed by atoms with van der Waals surface area (Å²) < 4.78 is 40.9. The molecule has 1 aromatic carbocycles. The number of pyridine rings is 2. The number of benzene rings is 1. The number of aromatic nitrogens is 2. The molecule has 1 saturated heterocycles. The molecule has 35 heavy (non-hydrogen) atoms. The zero-order valence-electron chi connectivity index (χ0n) is 19.8. The maximum atomic E-state index is 13.6. The average Bonchev–Trinajstić information content (AvgIpc) is 2.85. The quantitative estimate of drug-likeness (QED) is 0.343. The van der Waals surface area contributed by atoms with Crippen LogP contribution < -0.4 is 16.0 Å². The number of piperidine rings is 1. The lowest BCUT2D eigenvalue weighted by molar-refractivity contribution is -0.0688. The van der Waals surface area contributed by atoms with Crippen LogP contribution in [-0.2, 0) is 0 Å². The van der Waals surface area contributed by atoms with E-state index >= 15 is 0 Å². The summed E-state index contributed by atoms with van der Waals surface area (Å²) in [7, 11) is 2.10. The Bertz CT molecular complexity index is 1140. The molecule has 6 nitrogen and oxygen atoms in total. The van der Waals surface area contributed by atoms with Gasteiger partial charge in [0.05, 0.1) is 11.3 Å². The van der Waals surface area contributed by atoms with Crippen LogP contribution in [0.5, 0.6) is 0 Å². The third-order valence-corrected chi connectivity index (χ3v) is 6.21. The summed E-state index contributed by atoms with van der Waals surface area (Å²) in [5, 5.41) is 11.1. The van der Waals surface area contributed by atoms with Crippen LogP contribution in [0.4, 0.5) is 30.5 Å². The van der Waals surface area contributed by atoms with Gasteiger partial charge in [0, 0.05) is 41.8 Å². The standard InChI is InChI=1S/C26H31F3N6/c1-18(26(27,28)29)25-20-7-5-8-22(33-19-10-15-35(2)16-11-19)21(20)17-24(34-25)32-14-6-13-31-23-9-3-4-12-30-23/h3-5,7-9,12,17,19,33H,1,6,10-11,13-16H2,2H3,(H,30,31)(H,32,34). The van der Waals surface area contributed by atoms with Crippen molar-refractivity contribution in [1.29, 1.82) is 0 Å². The monoisotopic (exact) mass is 484 g/mol. The molecule has 3 heterocycles. The number of allylic oxidation sites excluding steroid dienone is 1. The minimum atomic E-state index is -4.57. The second kappa shape index (κ2) is 10.9. The highest BCUT2D eigenvalue weighted by molar-refractivity contribution is 6.01. The van der Waals surface area contributed by atoms with Crippen molar-refractivity contribution >= 4 is 33.7 Å². The number of nitrogens with one attached hydrogen (secondary N) is 3. The zero-order chi connectivity index (χ0) is 24.8. The molecule has 0 atom stereocenters. The molecule has 0 radical (unpaired) electrons. The molecular formula is C26H31F3N6. The molecule has 186 valence electrons. The minimum absolute atomic E-state index is 0.142. The molecule has 4 rings (SSSR count). The van der Waals surface area contributed by atoms with E-state index in [2.05, 4.69) is 44.4 Å². The van der Waals surface area contributed by atoms with Crippen molar-refractivity contribution in [3.8, 4) is 0 Å². The van der Waals surface area contributed by atoms with Crippen LogP contribution in [0.25, 0.3) is 16.3 Å². The Labute approximate surface area is 203 Å². The van der Waals surface area contributed by atoms with Gasteiger partial charge in [-0.25, -0.2) is 9.97 Å². The maximum Gasteiger partial charge on any atom is 0.417 e. The van der Waals surface area contributed by atoms with E-state index in [9.17, 15) is 13.2 Å². The van der Waals surface area contributed by atoms with Crippen LogP contribution >= 0.6 is 0 Å². The molecule has 1 fully saturated rings. The van der Waals surface area contributed by atoms with E-state index in [1.165, 1.54) is 0 Å². The summed E-state index contributed by atoms with van der Waals surface area (Å²) in [5.41, 5.74) is -0.272. The molecule has 3 aromatic rings. The van der Waals surface area contributed by atoms with E-state index in [-0.39, 0.29) is 11.7 Å². The van der Waals surface area contributed by atoms with E-state index in [1.807, 2.05) is 30.3 Å². The Hall–Kier alpha value is -3.33. The number of alkyl halides is 3. The molecule has 1 aliphatic heterocycles. The number of halogens is 3. The number of likely N-dealkylation sites (tertiary alicyclic amines) is 1. The van der Waals surface area contributed by atoms with Gasteiger partial charge in [-0.2, -0.15) is 13.2 Å². The minimum Gasteiger partial charge on any atom is -0.382 e. The number of nitrogens with zero attached hydrogens (tertiary/aromatic N) is 3. The Kier molecular flexibility index (Phi) is 7.75. The molecule has 0 bridgehead atoms. The zero-order valence-corrected chi connectivity index (χ0v) is 19.8. The molecule has 1 aliphatic rings. The van der Waals surface area contributed by atoms with Gasteiger partial charge in [0.25, 0.3) is 0 Å². The fraction of sp³-hybridized carbons (Fsp3) is 0.385. The Morgan fingerprint density at radius 1 is 1.03 bits per heavy atom. The summed E-state index contributed by atoms with van der Waals surface area (Å²) >= 11 is 0. The highest BCUT2D eigenvalue weighted by Gasteiger charge is 2.35. The number of rotatable bonds is 9. The molecule has 9 heteroatoms. The molecule has 0 unspecified atom stereocenters. The third-order valence-electron chi connectivity index (χ3n) is 6.21. The first-order valence-electron chi connectivity index (χ1n) is 11.9. The fourth-order valence-corrected chi connectivity index (χ4v) is 4.22. The van der Waals surface area contributed by atoms with Crippen molar-refractivity contribution in [2.45, 2.75) is 31.5 Å². The summed E-state index contributed by atoms with van der Waals surface area (Å²) in [6.45, 7) is 6.51. The average molecular weight is 485 g/mol. The SMILES string of the molecule is C=C(c1nc(NCCCNc2ccccn2)cc2c(NC3CCN(C)CC3)cccc12)C(F)(F)F. The van der Waals surface area contributed by atoms with Gasteiger partial charge in [-0.15, -0.1) is 0 Å². The first kappa shape index (κ1) is 24.8. The number of hydrogen-bond donors (Lipinski definition) is 3. The first-order chi connectivity index (χ1) is 16.8. The second-order valence-electron chi connectivity index (χ2n) is 8.88. The van der Waals surface area contributed by atoms with Gasteiger partial charge in [0.1, 0.15) is 11.6 Å². The predicted octanol–water partition coefficient (Wildman–Crippen LogP) is 5.63. The van der Waals surface area contributed by atoms with Crippen LogP contribution in [0, 0.1) is 0 Å². The van der Waals surface area contributed by atoms with Gasteiger partial charge in [0.2, 0.25) is 0 Å². The van der Waals surface area contributed by atoms with Gasteiger partial charge in [-0.3, -0.25) is 0 Å². The smallest absolute Gasteiger partial charge is 0.382 e. The summed E-state index contributed by atoms with van der Waals surface area (Å²) in [6, 6.07) is 13.1. The van der Waals surface area contributed by atoms with Crippen molar-refractivity contribution in [2.24, 2.45) is 0 Å². The van der Waals surface area contributed by atoms with Crippen LogP contribution in [-0.4, -0.2) is 60.3 Å². The number of fused-ring (bicyclic) bond motifs is 1. The van der Waals surface area contributed by atoms with E-state index < -0.39 is 11.7 Å². The van der Waals surface area contributed by atoms with Gasteiger partial charge in [-0.05, 0) is 63.7 Å². The van der Waals surface area contributed by atoms with Crippen LogP contribution in [0.2, 0.25) is 0 Å². The molecule has 3 N–H and O–H groups in total. The topological polar surface area (TPSA) is 65.1 Å². The molecule has 0 spiro atoms.